The van der Waals surface area contributed by atoms with Crippen LogP contribution in [0.1, 0.15) is 53.9 Å². The normalized spacial score (nSPS) is 18.3. The van der Waals surface area contributed by atoms with Gasteiger partial charge in [0.2, 0.25) is 0 Å². The molecule has 88 valence electrons. The third kappa shape index (κ3) is 3.47. The van der Waals surface area contributed by atoms with E-state index in [0.29, 0.717) is 10.9 Å². The summed E-state index contributed by atoms with van der Waals surface area (Å²) in [7, 11) is -0.933. The predicted molar refractivity (Wildman–Crippen MR) is 69.3 cm³/mol. The molecule has 0 aliphatic carbocycles. The van der Waals surface area contributed by atoms with Crippen LogP contribution in [-0.2, 0) is 4.18 Å². The van der Waals surface area contributed by atoms with Crippen molar-refractivity contribution < 1.29 is 4.18 Å². The first-order valence-corrected chi connectivity index (χ1v) is 8.07. The lowest BCUT2D eigenvalue weighted by molar-refractivity contribution is 0.265. The van der Waals surface area contributed by atoms with E-state index in [9.17, 15) is 0 Å². The van der Waals surface area contributed by atoms with Crippen molar-refractivity contribution in [3.8, 4) is 0 Å². The van der Waals surface area contributed by atoms with Gasteiger partial charge in [0, 0.05) is 4.75 Å². The lowest BCUT2D eigenvalue weighted by atomic mass is 10.0. The molecule has 0 spiro atoms. The molecular weight excluding hydrogens is 192 g/mol. The van der Waals surface area contributed by atoms with Gasteiger partial charge in [-0.3, -0.25) is 0 Å². The summed E-state index contributed by atoms with van der Waals surface area (Å²) in [5.74, 6) is 0. The van der Waals surface area contributed by atoms with Gasteiger partial charge in [0.25, 0.3) is 0 Å². The van der Waals surface area contributed by atoms with Crippen LogP contribution < -0.4 is 0 Å². The molecule has 1 nitrogen and oxygen atoms in total. The molecule has 0 N–H and O–H groups in total. The van der Waals surface area contributed by atoms with Gasteiger partial charge in [0.1, 0.15) is 0 Å². The van der Waals surface area contributed by atoms with Crippen LogP contribution in [0, 0.1) is 0 Å². The monoisotopic (exact) mass is 220 g/mol. The molecule has 0 aromatic rings. The summed E-state index contributed by atoms with van der Waals surface area (Å²) in [4.78, 5) is 0. The van der Waals surface area contributed by atoms with Gasteiger partial charge in [-0.1, -0.05) is 20.3 Å². The van der Waals surface area contributed by atoms with E-state index in [1.54, 1.807) is 0 Å². The van der Waals surface area contributed by atoms with Crippen molar-refractivity contribution in [3.63, 3.8) is 0 Å². The zero-order chi connectivity index (χ0) is 11.4. The van der Waals surface area contributed by atoms with Crippen molar-refractivity contribution in [2.24, 2.45) is 0 Å². The smallest absolute Gasteiger partial charge is 0.0644 e. The van der Waals surface area contributed by atoms with Gasteiger partial charge >= 0.3 is 0 Å². The highest BCUT2D eigenvalue weighted by Crippen LogP contribution is 2.58. The molecular formula is C12H28OS. The van der Waals surface area contributed by atoms with Crippen LogP contribution in [0.25, 0.3) is 0 Å². The molecule has 0 amide bonds. The summed E-state index contributed by atoms with van der Waals surface area (Å²) in [6.07, 6.45) is 8.72. The standard InChI is InChI=1S/C12H28OS/c1-8-10-12(5,9-2)14(6,7)13-11(3)4/h11H,8-10H2,1-7H3. The minimum atomic E-state index is -0.933. The van der Waals surface area contributed by atoms with Crippen molar-refractivity contribution >= 4 is 10.3 Å². The Morgan fingerprint density at radius 1 is 1.21 bits per heavy atom. The molecule has 1 unspecified atom stereocenters. The van der Waals surface area contributed by atoms with Crippen molar-refractivity contribution in [2.45, 2.75) is 64.7 Å². The van der Waals surface area contributed by atoms with E-state index in [1.165, 1.54) is 19.3 Å². The molecule has 0 aliphatic heterocycles. The average molecular weight is 220 g/mol. The maximum atomic E-state index is 6.13. The van der Waals surface area contributed by atoms with E-state index in [4.69, 9.17) is 4.18 Å². The molecule has 1 atom stereocenters. The molecule has 0 heterocycles. The van der Waals surface area contributed by atoms with Gasteiger partial charge in [-0.05, 0) is 46.1 Å². The van der Waals surface area contributed by atoms with Gasteiger partial charge in [0.05, 0.1) is 6.10 Å². The maximum Gasteiger partial charge on any atom is 0.0644 e. The third-order valence-electron chi connectivity index (χ3n) is 3.15. The van der Waals surface area contributed by atoms with Crippen molar-refractivity contribution in [1.29, 1.82) is 0 Å². The second-order valence-electron chi connectivity index (χ2n) is 4.93. The van der Waals surface area contributed by atoms with Gasteiger partial charge in [-0.2, -0.15) is 0 Å². The number of hydrogen-bond donors (Lipinski definition) is 0. The Morgan fingerprint density at radius 3 is 2.00 bits per heavy atom. The van der Waals surface area contributed by atoms with Gasteiger partial charge in [-0.15, -0.1) is 10.3 Å². The van der Waals surface area contributed by atoms with Crippen LogP contribution in [0.3, 0.4) is 0 Å². The summed E-state index contributed by atoms with van der Waals surface area (Å²) >= 11 is 0. The average Bonchev–Trinajstić information content (AvgIpc) is 2.02. The predicted octanol–water partition coefficient (Wildman–Crippen LogP) is 4.36. The van der Waals surface area contributed by atoms with Crippen LogP contribution in [0.5, 0.6) is 0 Å². The van der Waals surface area contributed by atoms with Crippen LogP contribution in [0.4, 0.5) is 0 Å². The van der Waals surface area contributed by atoms with Crippen LogP contribution in [0.15, 0.2) is 0 Å². The first kappa shape index (κ1) is 14.3. The number of hydrogen-bond acceptors (Lipinski definition) is 1. The lowest BCUT2D eigenvalue weighted by Crippen LogP contribution is -2.33. The minimum Gasteiger partial charge on any atom is -0.334 e. The molecule has 0 rings (SSSR count). The summed E-state index contributed by atoms with van der Waals surface area (Å²) in [5.41, 5.74) is 0. The summed E-state index contributed by atoms with van der Waals surface area (Å²) < 4.78 is 6.51. The fourth-order valence-electron chi connectivity index (χ4n) is 1.90. The molecule has 14 heavy (non-hydrogen) atoms. The van der Waals surface area contributed by atoms with E-state index in [-0.39, 0.29) is 0 Å². The van der Waals surface area contributed by atoms with Crippen LogP contribution in [-0.4, -0.2) is 23.4 Å². The maximum absolute atomic E-state index is 6.13. The Morgan fingerprint density at radius 2 is 1.71 bits per heavy atom. The second kappa shape index (κ2) is 5.41. The van der Waals surface area contributed by atoms with Gasteiger partial charge in [-0.25, -0.2) is 0 Å². The fraction of sp³-hybridized carbons (Fsp3) is 1.00. The highest BCUT2D eigenvalue weighted by atomic mass is 32.3. The highest BCUT2D eigenvalue weighted by Gasteiger charge is 2.36. The van der Waals surface area contributed by atoms with E-state index in [2.05, 4.69) is 47.1 Å². The zero-order valence-electron chi connectivity index (χ0n) is 11.0. The van der Waals surface area contributed by atoms with Crippen molar-refractivity contribution in [1.82, 2.24) is 0 Å². The molecule has 0 fully saturated rings. The Balaban J connectivity index is 4.62. The minimum absolute atomic E-state index is 0.350. The molecule has 0 aliphatic rings. The van der Waals surface area contributed by atoms with Crippen molar-refractivity contribution in [3.05, 3.63) is 0 Å². The molecule has 2 heteroatoms. The summed E-state index contributed by atoms with van der Waals surface area (Å²) in [5, 5.41) is 0. The fourth-order valence-corrected chi connectivity index (χ4v) is 4.48. The summed E-state index contributed by atoms with van der Waals surface area (Å²) in [6.45, 7) is 11.2. The third-order valence-corrected chi connectivity index (χ3v) is 6.88. The topological polar surface area (TPSA) is 9.23 Å². The Bertz CT molecular complexity index is 166. The largest absolute Gasteiger partial charge is 0.334 e. The van der Waals surface area contributed by atoms with Crippen LogP contribution in [0.2, 0.25) is 0 Å². The summed E-state index contributed by atoms with van der Waals surface area (Å²) in [6, 6.07) is 0. The Kier molecular flexibility index (Phi) is 5.53. The molecule has 0 radical (unpaired) electrons. The Hall–Kier alpha value is 0.310. The van der Waals surface area contributed by atoms with Crippen molar-refractivity contribution in [2.75, 3.05) is 12.5 Å². The lowest BCUT2D eigenvalue weighted by Gasteiger charge is -2.49. The SMILES string of the molecule is CCCC(C)(CC)S(C)(C)OC(C)C. The first-order chi connectivity index (χ1) is 6.29. The van der Waals surface area contributed by atoms with E-state index >= 15 is 0 Å². The molecule has 0 saturated heterocycles. The second-order valence-corrected chi connectivity index (χ2v) is 8.58. The highest BCUT2D eigenvalue weighted by molar-refractivity contribution is 8.29. The molecule has 0 saturated carbocycles. The number of rotatable bonds is 6. The molecule has 0 aromatic heterocycles. The van der Waals surface area contributed by atoms with Gasteiger partial charge in [0.15, 0.2) is 0 Å². The zero-order valence-corrected chi connectivity index (χ0v) is 11.8. The van der Waals surface area contributed by atoms with Crippen LogP contribution >= 0.6 is 10.3 Å². The Labute approximate surface area is 92.1 Å². The van der Waals surface area contributed by atoms with Gasteiger partial charge < -0.3 is 4.18 Å². The first-order valence-electron chi connectivity index (χ1n) is 5.70. The molecule has 0 bridgehead atoms. The van der Waals surface area contributed by atoms with E-state index in [0.717, 1.165) is 0 Å². The quantitative estimate of drug-likeness (QED) is 0.646. The van der Waals surface area contributed by atoms with E-state index in [1.807, 2.05) is 0 Å². The van der Waals surface area contributed by atoms with E-state index < -0.39 is 10.3 Å². The molecule has 0 aromatic carbocycles.